The maximum atomic E-state index is 13.3. The second kappa shape index (κ2) is 5.63. The number of hydrogen-bond donors (Lipinski definition) is 0. The fourth-order valence-corrected chi connectivity index (χ4v) is 1.21. The average molecular weight is 196 g/mol. The van der Waals surface area contributed by atoms with Crippen LogP contribution in [0.2, 0.25) is 0 Å². The van der Waals surface area contributed by atoms with Crippen molar-refractivity contribution in [3.63, 3.8) is 0 Å². The molecule has 0 radical (unpaired) electrons. The normalized spacial score (nSPS) is 10.2. The predicted molar refractivity (Wildman–Crippen MR) is 56.2 cm³/mol. The number of unbranched alkanes of at least 4 members (excludes halogenated alkanes) is 1. The third kappa shape index (κ3) is 3.02. The summed E-state index contributed by atoms with van der Waals surface area (Å²) in [5, 5.41) is 0. The molecule has 1 aromatic carbocycles. The smallest absolute Gasteiger partial charge is 0.165 e. The van der Waals surface area contributed by atoms with Crippen LogP contribution in [-0.2, 0) is 6.42 Å². The van der Waals surface area contributed by atoms with Crippen LogP contribution in [0.25, 0.3) is 0 Å². The van der Waals surface area contributed by atoms with Gasteiger partial charge in [0, 0.05) is 0 Å². The number of aryl methyl sites for hydroxylation is 1. The Morgan fingerprint density at radius 1 is 1.29 bits per heavy atom. The molecule has 0 amide bonds. The molecule has 0 unspecified atom stereocenters. The summed E-state index contributed by atoms with van der Waals surface area (Å²) >= 11 is 0. The average Bonchev–Trinajstić information content (AvgIpc) is 2.20. The summed E-state index contributed by atoms with van der Waals surface area (Å²) in [5.41, 5.74) is 1.00. The molecule has 0 aliphatic rings. The number of benzene rings is 1. The Hall–Kier alpha value is -1.05. The van der Waals surface area contributed by atoms with Crippen molar-refractivity contribution in [3.05, 3.63) is 29.6 Å². The molecule has 0 aromatic heterocycles. The van der Waals surface area contributed by atoms with Gasteiger partial charge in [0.15, 0.2) is 11.6 Å². The molecule has 14 heavy (non-hydrogen) atoms. The van der Waals surface area contributed by atoms with Crippen molar-refractivity contribution < 1.29 is 9.13 Å². The van der Waals surface area contributed by atoms with Gasteiger partial charge in [0.1, 0.15) is 0 Å². The van der Waals surface area contributed by atoms with Crippen LogP contribution in [-0.4, -0.2) is 6.61 Å². The van der Waals surface area contributed by atoms with Crippen LogP contribution in [0.5, 0.6) is 5.75 Å². The first-order chi connectivity index (χ1) is 6.77. The third-order valence-electron chi connectivity index (χ3n) is 2.16. The highest BCUT2D eigenvalue weighted by Crippen LogP contribution is 2.18. The van der Waals surface area contributed by atoms with E-state index in [0.29, 0.717) is 12.4 Å². The first-order valence-electron chi connectivity index (χ1n) is 5.19. The monoisotopic (exact) mass is 196 g/mol. The second-order valence-electron chi connectivity index (χ2n) is 3.32. The SMILES string of the molecule is CCCCOc1ccc(CC)cc1F. The number of halogens is 1. The van der Waals surface area contributed by atoms with Gasteiger partial charge in [-0.3, -0.25) is 0 Å². The highest BCUT2D eigenvalue weighted by atomic mass is 19.1. The minimum absolute atomic E-state index is 0.250. The van der Waals surface area contributed by atoms with Gasteiger partial charge in [-0.15, -0.1) is 0 Å². The Morgan fingerprint density at radius 2 is 2.07 bits per heavy atom. The lowest BCUT2D eigenvalue weighted by atomic mass is 10.1. The van der Waals surface area contributed by atoms with Crippen molar-refractivity contribution in [2.75, 3.05) is 6.61 Å². The molecule has 0 bridgehead atoms. The van der Waals surface area contributed by atoms with Gasteiger partial charge < -0.3 is 4.74 Å². The van der Waals surface area contributed by atoms with Crippen LogP contribution >= 0.6 is 0 Å². The van der Waals surface area contributed by atoms with Gasteiger partial charge in [-0.05, 0) is 30.5 Å². The van der Waals surface area contributed by atoms with Crippen molar-refractivity contribution in [3.8, 4) is 5.75 Å². The lowest BCUT2D eigenvalue weighted by Gasteiger charge is -2.07. The molecule has 0 saturated carbocycles. The van der Waals surface area contributed by atoms with E-state index in [1.807, 2.05) is 13.0 Å². The van der Waals surface area contributed by atoms with E-state index in [1.54, 1.807) is 12.1 Å². The maximum Gasteiger partial charge on any atom is 0.165 e. The summed E-state index contributed by atoms with van der Waals surface area (Å²) in [7, 11) is 0. The van der Waals surface area contributed by atoms with Crippen molar-refractivity contribution in [1.82, 2.24) is 0 Å². The van der Waals surface area contributed by atoms with E-state index in [4.69, 9.17) is 4.74 Å². The van der Waals surface area contributed by atoms with Gasteiger partial charge >= 0.3 is 0 Å². The van der Waals surface area contributed by atoms with Crippen LogP contribution in [0.3, 0.4) is 0 Å². The van der Waals surface area contributed by atoms with Crippen molar-refractivity contribution in [2.45, 2.75) is 33.1 Å². The van der Waals surface area contributed by atoms with E-state index in [0.717, 1.165) is 24.8 Å². The van der Waals surface area contributed by atoms with E-state index >= 15 is 0 Å². The molecule has 0 aliphatic heterocycles. The van der Waals surface area contributed by atoms with E-state index in [-0.39, 0.29) is 5.82 Å². The Morgan fingerprint density at radius 3 is 2.64 bits per heavy atom. The highest BCUT2D eigenvalue weighted by molar-refractivity contribution is 5.29. The maximum absolute atomic E-state index is 13.3. The molecule has 0 saturated heterocycles. The molecule has 0 aliphatic carbocycles. The molecule has 0 atom stereocenters. The van der Waals surface area contributed by atoms with Crippen molar-refractivity contribution >= 4 is 0 Å². The molecule has 0 heterocycles. The minimum Gasteiger partial charge on any atom is -0.491 e. The second-order valence-corrected chi connectivity index (χ2v) is 3.32. The first kappa shape index (κ1) is 11.0. The summed E-state index contributed by atoms with van der Waals surface area (Å²) < 4.78 is 18.6. The molecule has 78 valence electrons. The summed E-state index contributed by atoms with van der Waals surface area (Å²) in [6.07, 6.45) is 2.88. The molecule has 1 nitrogen and oxygen atoms in total. The van der Waals surface area contributed by atoms with Gasteiger partial charge in [-0.1, -0.05) is 26.3 Å². The molecule has 0 N–H and O–H groups in total. The van der Waals surface area contributed by atoms with Gasteiger partial charge in [0.05, 0.1) is 6.61 Å². The third-order valence-corrected chi connectivity index (χ3v) is 2.16. The van der Waals surface area contributed by atoms with E-state index in [1.165, 1.54) is 0 Å². The van der Waals surface area contributed by atoms with Gasteiger partial charge in [0.2, 0.25) is 0 Å². The lowest BCUT2D eigenvalue weighted by Crippen LogP contribution is -1.99. The fourth-order valence-electron chi connectivity index (χ4n) is 1.21. The molecular weight excluding hydrogens is 179 g/mol. The largest absolute Gasteiger partial charge is 0.491 e. The van der Waals surface area contributed by atoms with Gasteiger partial charge in [-0.2, -0.15) is 0 Å². The lowest BCUT2D eigenvalue weighted by molar-refractivity contribution is 0.294. The number of hydrogen-bond acceptors (Lipinski definition) is 1. The number of rotatable bonds is 5. The Balaban J connectivity index is 2.59. The fraction of sp³-hybridized carbons (Fsp3) is 0.500. The standard InChI is InChI=1S/C12H17FO/c1-3-5-8-14-12-7-6-10(4-2)9-11(12)13/h6-7,9H,3-5,8H2,1-2H3. The Labute approximate surface area is 84.9 Å². The van der Waals surface area contributed by atoms with Crippen LogP contribution in [0.15, 0.2) is 18.2 Å². The predicted octanol–water partition coefficient (Wildman–Crippen LogP) is 3.57. The van der Waals surface area contributed by atoms with Crippen LogP contribution in [0.4, 0.5) is 4.39 Å². The van der Waals surface area contributed by atoms with Crippen LogP contribution in [0, 0.1) is 5.82 Å². The van der Waals surface area contributed by atoms with E-state index in [2.05, 4.69) is 6.92 Å². The molecule has 0 spiro atoms. The number of ether oxygens (including phenoxy) is 1. The summed E-state index contributed by atoms with van der Waals surface area (Å²) in [6.45, 7) is 4.69. The Bertz CT molecular complexity index is 284. The summed E-state index contributed by atoms with van der Waals surface area (Å²) in [6, 6.07) is 5.16. The van der Waals surface area contributed by atoms with Crippen molar-refractivity contribution in [2.24, 2.45) is 0 Å². The zero-order valence-corrected chi connectivity index (χ0v) is 8.85. The molecule has 0 fully saturated rings. The molecule has 1 aromatic rings. The summed E-state index contributed by atoms with van der Waals surface area (Å²) in [4.78, 5) is 0. The Kier molecular flexibility index (Phi) is 4.44. The van der Waals surface area contributed by atoms with E-state index in [9.17, 15) is 4.39 Å². The summed E-state index contributed by atoms with van der Waals surface area (Å²) in [5.74, 6) is 0.121. The van der Waals surface area contributed by atoms with Gasteiger partial charge in [-0.25, -0.2) is 4.39 Å². The van der Waals surface area contributed by atoms with Crippen LogP contribution < -0.4 is 4.74 Å². The molecule has 1 rings (SSSR count). The van der Waals surface area contributed by atoms with Crippen LogP contribution in [0.1, 0.15) is 32.3 Å². The highest BCUT2D eigenvalue weighted by Gasteiger charge is 2.03. The first-order valence-corrected chi connectivity index (χ1v) is 5.19. The minimum atomic E-state index is -0.250. The van der Waals surface area contributed by atoms with Crippen molar-refractivity contribution in [1.29, 1.82) is 0 Å². The topological polar surface area (TPSA) is 9.23 Å². The zero-order valence-electron chi connectivity index (χ0n) is 8.85. The quantitative estimate of drug-likeness (QED) is 0.654. The van der Waals surface area contributed by atoms with E-state index < -0.39 is 0 Å². The molecular formula is C12H17FO. The molecule has 2 heteroatoms. The van der Waals surface area contributed by atoms with Gasteiger partial charge in [0.25, 0.3) is 0 Å². The zero-order chi connectivity index (χ0) is 10.4.